The van der Waals surface area contributed by atoms with Gasteiger partial charge in [0.05, 0.1) is 65.0 Å². The Kier molecular flexibility index (Phi) is 30.5. The van der Waals surface area contributed by atoms with Gasteiger partial charge in [-0.05, 0) is 0 Å². The van der Waals surface area contributed by atoms with E-state index in [1.54, 1.807) is 0 Å². The Hall–Kier alpha value is -3.68. The lowest BCUT2D eigenvalue weighted by Crippen LogP contribution is -2.71. The number of hydrogen-bond acceptors (Lipinski definition) is 43. The van der Waals surface area contributed by atoms with Crippen molar-refractivity contribution in [1.82, 2.24) is 16.0 Å². The van der Waals surface area contributed by atoms with Crippen molar-refractivity contribution in [2.75, 3.05) is 52.9 Å². The average Bonchev–Trinajstić information content (AvgIpc) is 0.763. The molecule has 8 fully saturated rings. The highest BCUT2D eigenvalue weighted by Crippen LogP contribution is 2.41. The normalized spacial score (nSPS) is 48.0. The van der Waals surface area contributed by atoms with Crippen molar-refractivity contribution < 1.29 is 218 Å². The van der Waals surface area contributed by atoms with E-state index in [4.69, 9.17) is 71.1 Å². The molecule has 47 nitrogen and oxygen atoms in total. The number of ether oxygens (including phenoxy) is 15. The largest absolute Gasteiger partial charge is 0.477 e. The van der Waals surface area contributed by atoms with Crippen LogP contribution in [0.2, 0.25) is 0 Å². The van der Waals surface area contributed by atoms with Crippen LogP contribution in [-0.4, -0.2) is 455 Å². The molecule has 104 heavy (non-hydrogen) atoms. The molecule has 0 radical (unpaired) electrons. The first-order chi connectivity index (χ1) is 49.0. The summed E-state index contributed by atoms with van der Waals surface area (Å²) in [7, 11) is 0. The number of aliphatic carboxylic acids is 1. The molecule has 0 aromatic rings. The summed E-state index contributed by atoms with van der Waals surface area (Å²) in [5.41, 5.74) is 0. The molecule has 1 unspecified atom stereocenters. The topological polar surface area (TPSA) is 749 Å². The number of carboxylic acid groups (broad SMARTS) is 1. The Bertz CT molecular complexity index is 2740. The second kappa shape index (κ2) is 36.9. The summed E-state index contributed by atoms with van der Waals surface area (Å²) in [5.74, 6) is -8.13. The minimum atomic E-state index is -3.28. The van der Waals surface area contributed by atoms with E-state index in [0.29, 0.717) is 0 Å². The van der Waals surface area contributed by atoms with E-state index in [1.165, 1.54) is 0 Å². The van der Waals surface area contributed by atoms with Gasteiger partial charge >= 0.3 is 5.97 Å². The molecular formula is C57H95N3O44. The highest BCUT2D eigenvalue weighted by Gasteiger charge is 2.63. The fourth-order valence-electron chi connectivity index (χ4n) is 13.3. The fourth-order valence-corrected chi connectivity index (χ4v) is 13.3. The standard InChI is InChI=1S/C57H95N3O44/c1-13(68)58-25-16(71)4-57(56(88)89,103-44(25)28(73)17(72)5-61)104-47-32(77)21(9-65)94-54(41(47)86)99-43-23(11-67)96-50(27(35(43)80)60-15(3)70)102-48-37(82)30(75)19(7-63)95-55(48)101-46-33(78)24(97-53(40(46)85)98-42-22(10-66)91-49(87)26(34(42)79)59-14(2)69)12-90-51-39(84)45(31(76)20(8-64)92-51)100-52-38(83)36(81)29(74)18(6-62)93-52/h16-55,61-67,71-87H,4-12H2,1-3H3,(H,58,68)(H,59,69)(H,60,70)(H,88,89)/t16-,17+,18+,19+,20+,21+,22+,23+,24+,25+,26+,27+,28+,29+,30+,31+,32-,33+,34+,35+,36-,37-,38-,39-,40-,41+,42+,43+,44+,45-,46-,47-,48-,49?,50-,51-,52+,53-,54-,55+,57-/m0/s1. The van der Waals surface area contributed by atoms with Crippen molar-refractivity contribution in [2.45, 2.75) is 278 Å². The van der Waals surface area contributed by atoms with E-state index >= 15 is 0 Å². The van der Waals surface area contributed by atoms with Crippen molar-refractivity contribution >= 4 is 23.7 Å². The summed E-state index contributed by atoms with van der Waals surface area (Å²) in [6.07, 6.45) is -80.4. The quantitative estimate of drug-likeness (QED) is 0.0346. The van der Waals surface area contributed by atoms with Crippen LogP contribution in [0.3, 0.4) is 0 Å². The van der Waals surface area contributed by atoms with E-state index in [-0.39, 0.29) is 0 Å². The number of aliphatic hydroxyl groups excluding tert-OH is 24. The van der Waals surface area contributed by atoms with Gasteiger partial charge in [-0.25, -0.2) is 4.79 Å². The summed E-state index contributed by atoms with van der Waals surface area (Å²) in [6.45, 7) is -6.15. The van der Waals surface area contributed by atoms with Gasteiger partial charge in [-0.3, -0.25) is 14.4 Å². The van der Waals surface area contributed by atoms with Gasteiger partial charge in [0.15, 0.2) is 44.0 Å². The Balaban J connectivity index is 1.08. The Labute approximate surface area is 587 Å². The van der Waals surface area contributed by atoms with Gasteiger partial charge in [0, 0.05) is 27.2 Å². The summed E-state index contributed by atoms with van der Waals surface area (Å²) in [4.78, 5) is 50.6. The molecule has 0 spiro atoms. The number of carbonyl (C=O) groups excluding carboxylic acids is 3. The fraction of sp³-hybridized carbons (Fsp3) is 0.930. The van der Waals surface area contributed by atoms with Gasteiger partial charge in [0.2, 0.25) is 17.7 Å². The summed E-state index contributed by atoms with van der Waals surface area (Å²) in [5, 5.41) is 282. The third-order valence-electron chi connectivity index (χ3n) is 18.8. The smallest absolute Gasteiger partial charge is 0.364 e. The molecule has 47 heteroatoms. The third kappa shape index (κ3) is 18.5. The first kappa shape index (κ1) is 85.9. The maximum Gasteiger partial charge on any atom is 0.364 e. The zero-order chi connectivity index (χ0) is 77.0. The van der Waals surface area contributed by atoms with Crippen LogP contribution in [0.5, 0.6) is 0 Å². The van der Waals surface area contributed by atoms with Gasteiger partial charge in [-0.2, -0.15) is 0 Å². The molecule has 602 valence electrons. The summed E-state index contributed by atoms with van der Waals surface area (Å²) >= 11 is 0. The molecule has 0 saturated carbocycles. The first-order valence-electron chi connectivity index (χ1n) is 32.8. The number of carboxylic acids is 1. The molecule has 0 bridgehead atoms. The third-order valence-corrected chi connectivity index (χ3v) is 18.8. The lowest BCUT2D eigenvalue weighted by molar-refractivity contribution is -0.399. The number of rotatable bonds is 28. The van der Waals surface area contributed by atoms with Gasteiger partial charge in [0.25, 0.3) is 5.79 Å². The van der Waals surface area contributed by atoms with Crippen molar-refractivity contribution in [1.29, 1.82) is 0 Å². The van der Waals surface area contributed by atoms with Gasteiger partial charge in [-0.15, -0.1) is 0 Å². The zero-order valence-electron chi connectivity index (χ0n) is 55.4. The first-order valence-corrected chi connectivity index (χ1v) is 32.8. The van der Waals surface area contributed by atoms with E-state index in [9.17, 15) is 147 Å². The van der Waals surface area contributed by atoms with Crippen LogP contribution in [0.15, 0.2) is 0 Å². The maximum absolute atomic E-state index is 13.2. The van der Waals surface area contributed by atoms with Crippen molar-refractivity contribution in [2.24, 2.45) is 0 Å². The highest BCUT2D eigenvalue weighted by molar-refractivity contribution is 5.77. The molecule has 41 atom stereocenters. The van der Waals surface area contributed by atoms with Crippen LogP contribution in [0.4, 0.5) is 0 Å². The monoisotopic (exact) mass is 1530 g/mol. The Morgan fingerprint density at radius 2 is 0.779 bits per heavy atom. The lowest BCUT2D eigenvalue weighted by Gasteiger charge is -2.51. The number of carbonyl (C=O) groups is 4. The molecule has 0 aromatic heterocycles. The molecule has 28 N–H and O–H groups in total. The van der Waals surface area contributed by atoms with E-state index in [1.807, 2.05) is 0 Å². The lowest BCUT2D eigenvalue weighted by atomic mass is 9.88. The Morgan fingerprint density at radius 1 is 0.394 bits per heavy atom. The average molecular weight is 1530 g/mol. The molecule has 8 aliphatic heterocycles. The second-order valence-electron chi connectivity index (χ2n) is 26.0. The van der Waals surface area contributed by atoms with Crippen LogP contribution in [0.25, 0.3) is 0 Å². The number of hydrogen-bond donors (Lipinski definition) is 28. The van der Waals surface area contributed by atoms with Crippen molar-refractivity contribution in [3.63, 3.8) is 0 Å². The predicted octanol–water partition coefficient (Wildman–Crippen LogP) is -18.8. The number of nitrogens with one attached hydrogen (secondary N) is 3. The predicted molar refractivity (Wildman–Crippen MR) is 316 cm³/mol. The van der Waals surface area contributed by atoms with Crippen LogP contribution >= 0.6 is 0 Å². The summed E-state index contributed by atoms with van der Waals surface area (Å²) < 4.78 is 86.8. The number of amides is 3. The molecule has 0 aromatic carbocycles. The van der Waals surface area contributed by atoms with Crippen LogP contribution in [0.1, 0.15) is 27.2 Å². The Morgan fingerprint density at radius 3 is 1.30 bits per heavy atom. The van der Waals surface area contributed by atoms with Gasteiger partial charge in [-0.1, -0.05) is 0 Å². The van der Waals surface area contributed by atoms with E-state index in [0.717, 1.165) is 20.8 Å². The molecule has 8 heterocycles. The molecule has 0 aliphatic carbocycles. The van der Waals surface area contributed by atoms with Crippen LogP contribution in [0, 0.1) is 0 Å². The van der Waals surface area contributed by atoms with Crippen LogP contribution in [-0.2, 0) is 90.2 Å². The highest BCUT2D eigenvalue weighted by atomic mass is 16.8. The molecule has 3 amide bonds. The van der Waals surface area contributed by atoms with E-state index < -0.39 is 334 Å². The van der Waals surface area contributed by atoms with Crippen LogP contribution < -0.4 is 16.0 Å². The molecule has 8 rings (SSSR count). The number of aliphatic hydroxyl groups is 24. The zero-order valence-corrected chi connectivity index (χ0v) is 55.4. The molecular weight excluding hydrogens is 1430 g/mol. The van der Waals surface area contributed by atoms with Crippen molar-refractivity contribution in [3.05, 3.63) is 0 Å². The second-order valence-corrected chi connectivity index (χ2v) is 26.0. The van der Waals surface area contributed by atoms with Gasteiger partial charge < -0.3 is 215 Å². The SMILES string of the molecule is CC(=O)N[C@H]1[C@H](O[C@@H]2[C@@H](O[C@@H]3[C@H](O)[C@H](O[C@H]4[C@H](O)[C@@H](NC(C)=O)C(O)O[C@@H]4CO)O[C@H](CO[C@H]4O[C@H](CO)[C@@H](O)[C@H](O[C@H]5O[C@H](CO)[C@@H](O)[C@H](O)[C@@H]5O)[C@@H]4O)[C@H]3O)O[C@H](CO)[C@@H](O)[C@@H]2O)O[C@H](CO)[C@@H](O[C@@H]2O[C@H](CO)[C@H](O)[C@H](O[C@]3(C(=O)O)C[C@H](O)[C@@H](NC(C)=O)[C@H]([C@H](O)[C@H](O)CO)O3)[C@H]2O)[C@@H]1O. The van der Waals surface area contributed by atoms with Crippen molar-refractivity contribution in [3.8, 4) is 0 Å². The van der Waals surface area contributed by atoms with E-state index in [2.05, 4.69) is 16.0 Å². The maximum atomic E-state index is 13.2. The summed E-state index contributed by atoms with van der Waals surface area (Å²) in [6, 6.07) is -5.52. The minimum Gasteiger partial charge on any atom is -0.477 e. The minimum absolute atomic E-state index is 0.835. The molecule has 8 aliphatic rings. The van der Waals surface area contributed by atoms with Gasteiger partial charge in [0.1, 0.15) is 189 Å². The molecule has 8 saturated heterocycles.